The molecule has 0 radical (unpaired) electrons. The molecule has 0 bridgehead atoms. The summed E-state index contributed by atoms with van der Waals surface area (Å²) in [5, 5.41) is 18.5. The van der Waals surface area contributed by atoms with Gasteiger partial charge in [0.1, 0.15) is 0 Å². The third-order valence-electron chi connectivity index (χ3n) is 4.97. The van der Waals surface area contributed by atoms with Crippen molar-refractivity contribution in [3.05, 3.63) is 0 Å². The third-order valence-corrected chi connectivity index (χ3v) is 4.97. The summed E-state index contributed by atoms with van der Waals surface area (Å²) in [6.45, 7) is 0.641. The lowest BCUT2D eigenvalue weighted by molar-refractivity contribution is -0.154. The van der Waals surface area contributed by atoms with Gasteiger partial charge in [-0.15, -0.1) is 0 Å². The Balaban J connectivity index is 1.69. The highest BCUT2D eigenvalue weighted by atomic mass is 16.4. The number of carbonyl (C=O) groups is 1. The summed E-state index contributed by atoms with van der Waals surface area (Å²) in [5.74, 6) is 0.578. The number of rotatable bonds is 2. The second-order valence-corrected chi connectivity index (χ2v) is 5.66. The molecule has 0 spiro atoms. The van der Waals surface area contributed by atoms with Crippen molar-refractivity contribution in [1.82, 2.24) is 4.90 Å². The van der Waals surface area contributed by atoms with Gasteiger partial charge >= 0.3 is 7.12 Å². The van der Waals surface area contributed by atoms with Gasteiger partial charge < -0.3 is 20.7 Å². The van der Waals surface area contributed by atoms with Gasteiger partial charge in [0.2, 0.25) is 5.91 Å². The fraction of sp³-hybridized carbons (Fsp3) is 0.909. The number of amides is 1. The number of carbonyl (C=O) groups excluding carboxylic acids is 1. The Morgan fingerprint density at radius 2 is 1.94 bits per heavy atom. The summed E-state index contributed by atoms with van der Waals surface area (Å²) >= 11 is 0. The topological polar surface area (TPSA) is 86.8 Å². The molecule has 1 aliphatic heterocycles. The largest absolute Gasteiger partial charge is 0.475 e. The minimum atomic E-state index is -1.42. The lowest BCUT2D eigenvalue weighted by atomic mass is 9.50. The number of hydrogen-bond donors (Lipinski definition) is 3. The van der Waals surface area contributed by atoms with E-state index in [0.29, 0.717) is 24.8 Å². The molecule has 4 N–H and O–H groups in total. The molecule has 17 heavy (non-hydrogen) atoms. The van der Waals surface area contributed by atoms with E-state index < -0.39 is 13.1 Å². The van der Waals surface area contributed by atoms with Crippen LogP contribution in [0.25, 0.3) is 0 Å². The van der Waals surface area contributed by atoms with Crippen LogP contribution in [0.3, 0.4) is 0 Å². The van der Waals surface area contributed by atoms with Gasteiger partial charge in [-0.05, 0) is 37.5 Å². The van der Waals surface area contributed by atoms with E-state index in [1.54, 1.807) is 4.90 Å². The van der Waals surface area contributed by atoms with Crippen LogP contribution in [0, 0.1) is 17.8 Å². The van der Waals surface area contributed by atoms with Gasteiger partial charge in [0.05, 0.1) is 11.9 Å². The van der Waals surface area contributed by atoms with Crippen molar-refractivity contribution in [2.75, 3.05) is 6.54 Å². The maximum absolute atomic E-state index is 12.4. The highest BCUT2D eigenvalue weighted by molar-refractivity contribution is 6.43. The van der Waals surface area contributed by atoms with Crippen molar-refractivity contribution in [1.29, 1.82) is 0 Å². The lowest BCUT2D eigenvalue weighted by Crippen LogP contribution is -2.67. The molecule has 2 unspecified atom stereocenters. The predicted molar refractivity (Wildman–Crippen MR) is 62.6 cm³/mol. The summed E-state index contributed by atoms with van der Waals surface area (Å²) in [4.78, 5) is 14.0. The Morgan fingerprint density at radius 3 is 2.47 bits per heavy atom. The Bertz CT molecular complexity index is 333. The van der Waals surface area contributed by atoms with E-state index in [0.717, 1.165) is 19.3 Å². The molecule has 94 valence electrons. The number of likely N-dealkylation sites (tertiary alicyclic amines) is 1. The fourth-order valence-electron chi connectivity index (χ4n) is 3.80. The molecule has 2 saturated carbocycles. The quantitative estimate of drug-likeness (QED) is 0.537. The molecule has 6 heteroatoms. The predicted octanol–water partition coefficient (Wildman–Crippen LogP) is -1.03. The monoisotopic (exact) mass is 238 g/mol. The standard InChI is InChI=1S/C11H19BN2O3/c13-10-7-4-3-6(7)9(10)11(15)14-5-1-2-8(14)12(16)17/h6-10,16-17H,1-5,13H2/t6?,7?,8-,9+,10-/m0/s1. The van der Waals surface area contributed by atoms with Crippen LogP contribution in [0.15, 0.2) is 0 Å². The van der Waals surface area contributed by atoms with E-state index in [-0.39, 0.29) is 17.9 Å². The molecule has 3 rings (SSSR count). The smallest absolute Gasteiger partial charge is 0.426 e. The van der Waals surface area contributed by atoms with E-state index in [4.69, 9.17) is 5.73 Å². The van der Waals surface area contributed by atoms with E-state index in [1.807, 2.05) is 0 Å². The Kier molecular flexibility index (Phi) is 2.68. The van der Waals surface area contributed by atoms with Crippen molar-refractivity contribution in [3.63, 3.8) is 0 Å². The normalized spacial score (nSPS) is 43.7. The van der Waals surface area contributed by atoms with Crippen LogP contribution in [0.1, 0.15) is 25.7 Å². The summed E-state index contributed by atoms with van der Waals surface area (Å²) < 4.78 is 0. The molecule has 0 aromatic heterocycles. The SMILES string of the molecule is N[C@H]1C2CCC2[C@H]1C(=O)N1CCC[C@H]1B(O)O. The summed E-state index contributed by atoms with van der Waals surface area (Å²) in [7, 11) is -1.42. The molecule has 3 aliphatic rings. The Morgan fingerprint density at radius 1 is 1.24 bits per heavy atom. The first kappa shape index (κ1) is 11.5. The van der Waals surface area contributed by atoms with Gasteiger partial charge in [-0.2, -0.15) is 0 Å². The average Bonchev–Trinajstić information content (AvgIpc) is 2.71. The molecule has 0 aromatic rings. The fourth-order valence-corrected chi connectivity index (χ4v) is 3.80. The number of hydrogen-bond acceptors (Lipinski definition) is 4. The molecule has 3 fully saturated rings. The van der Waals surface area contributed by atoms with E-state index in [9.17, 15) is 14.8 Å². The molecule has 1 heterocycles. The lowest BCUT2D eigenvalue weighted by Gasteiger charge is -2.57. The van der Waals surface area contributed by atoms with Gasteiger partial charge in [-0.25, -0.2) is 0 Å². The first-order valence-electron chi connectivity index (χ1n) is 6.53. The van der Waals surface area contributed by atoms with Crippen LogP contribution >= 0.6 is 0 Å². The van der Waals surface area contributed by atoms with Crippen LogP contribution < -0.4 is 5.73 Å². The van der Waals surface area contributed by atoms with Crippen LogP contribution in [0.4, 0.5) is 0 Å². The molecule has 1 saturated heterocycles. The van der Waals surface area contributed by atoms with Crippen LogP contribution in [0.2, 0.25) is 0 Å². The first-order chi connectivity index (χ1) is 8.11. The minimum absolute atomic E-state index is 0.00154. The Labute approximate surface area is 101 Å². The zero-order valence-electron chi connectivity index (χ0n) is 9.83. The first-order valence-corrected chi connectivity index (χ1v) is 6.53. The van der Waals surface area contributed by atoms with Gasteiger partial charge in [0.25, 0.3) is 0 Å². The third kappa shape index (κ3) is 1.54. The van der Waals surface area contributed by atoms with Gasteiger partial charge in [0, 0.05) is 12.6 Å². The number of fused-ring (bicyclic) bond motifs is 1. The average molecular weight is 238 g/mol. The van der Waals surface area contributed by atoms with Gasteiger partial charge in [0.15, 0.2) is 0 Å². The van der Waals surface area contributed by atoms with Crippen LogP contribution in [-0.4, -0.2) is 46.5 Å². The molecule has 0 aromatic carbocycles. The molecular weight excluding hydrogens is 219 g/mol. The van der Waals surface area contributed by atoms with Crippen molar-refractivity contribution in [3.8, 4) is 0 Å². The zero-order valence-corrected chi connectivity index (χ0v) is 9.83. The molecular formula is C11H19BN2O3. The maximum Gasteiger partial charge on any atom is 0.475 e. The van der Waals surface area contributed by atoms with Crippen molar-refractivity contribution < 1.29 is 14.8 Å². The second-order valence-electron chi connectivity index (χ2n) is 5.66. The van der Waals surface area contributed by atoms with Crippen molar-refractivity contribution in [2.45, 2.75) is 37.7 Å². The van der Waals surface area contributed by atoms with E-state index >= 15 is 0 Å². The van der Waals surface area contributed by atoms with Gasteiger partial charge in [-0.1, -0.05) is 0 Å². The maximum atomic E-state index is 12.4. The molecule has 2 aliphatic carbocycles. The summed E-state index contributed by atoms with van der Waals surface area (Å²) in [5.41, 5.74) is 6.03. The highest BCUT2D eigenvalue weighted by Crippen LogP contribution is 2.54. The summed E-state index contributed by atoms with van der Waals surface area (Å²) in [6, 6.07) is -0.00154. The number of nitrogens with two attached hydrogens (primary N) is 1. The van der Waals surface area contributed by atoms with Crippen molar-refractivity contribution >= 4 is 13.0 Å². The highest BCUT2D eigenvalue weighted by Gasteiger charge is 2.58. The van der Waals surface area contributed by atoms with E-state index in [1.165, 1.54) is 0 Å². The summed E-state index contributed by atoms with van der Waals surface area (Å²) in [6.07, 6.45) is 3.79. The molecule has 5 atom stereocenters. The second kappa shape index (κ2) is 3.97. The zero-order chi connectivity index (χ0) is 12.2. The molecule has 5 nitrogen and oxygen atoms in total. The molecule has 1 amide bonds. The van der Waals surface area contributed by atoms with Gasteiger partial charge in [-0.3, -0.25) is 4.79 Å². The minimum Gasteiger partial charge on any atom is -0.426 e. The van der Waals surface area contributed by atoms with E-state index in [2.05, 4.69) is 0 Å². The Hall–Kier alpha value is -0.585. The number of nitrogens with zero attached hydrogens (tertiary/aromatic N) is 1. The van der Waals surface area contributed by atoms with Crippen molar-refractivity contribution in [2.24, 2.45) is 23.5 Å². The van der Waals surface area contributed by atoms with Crippen LogP contribution in [-0.2, 0) is 4.79 Å². The van der Waals surface area contributed by atoms with Crippen LogP contribution in [0.5, 0.6) is 0 Å².